The van der Waals surface area contributed by atoms with E-state index >= 15 is 0 Å². The molecule has 0 spiro atoms. The lowest BCUT2D eigenvalue weighted by atomic mass is 9.47. The fourth-order valence-corrected chi connectivity index (χ4v) is 6.68. The van der Waals surface area contributed by atoms with Crippen LogP contribution in [0.4, 0.5) is 0 Å². The number of ether oxygens (including phenoxy) is 3. The lowest BCUT2D eigenvalue weighted by molar-refractivity contribution is -0.245. The van der Waals surface area contributed by atoms with E-state index < -0.39 is 22.5 Å². The minimum Gasteiger partial charge on any atom is -0.389 e. The van der Waals surface area contributed by atoms with Gasteiger partial charge in [-0.25, -0.2) is 0 Å². The van der Waals surface area contributed by atoms with Crippen LogP contribution in [-0.2, 0) is 19.0 Å². The van der Waals surface area contributed by atoms with Gasteiger partial charge in [-0.2, -0.15) is 0 Å². The number of rotatable bonds is 2. The van der Waals surface area contributed by atoms with Gasteiger partial charge in [0, 0.05) is 32.0 Å². The van der Waals surface area contributed by atoms with Crippen LogP contribution in [0, 0.1) is 22.7 Å². The molecule has 0 radical (unpaired) electrons. The Labute approximate surface area is 162 Å². The molecule has 4 rings (SSSR count). The first-order valence-electron chi connectivity index (χ1n) is 10.3. The van der Waals surface area contributed by atoms with Gasteiger partial charge < -0.3 is 19.3 Å². The van der Waals surface area contributed by atoms with E-state index in [0.717, 1.165) is 24.8 Å². The van der Waals surface area contributed by atoms with E-state index in [1.807, 2.05) is 6.92 Å². The monoisotopic (exact) mass is 378 g/mol. The summed E-state index contributed by atoms with van der Waals surface area (Å²) in [7, 11) is 3.30. The van der Waals surface area contributed by atoms with Crippen LogP contribution in [0.3, 0.4) is 0 Å². The second kappa shape index (κ2) is 6.12. The smallest absolute Gasteiger partial charge is 0.174 e. The predicted molar refractivity (Wildman–Crippen MR) is 101 cm³/mol. The number of allylic oxidation sites excluding steroid dienone is 1. The molecular weight excluding hydrogens is 344 g/mol. The maximum atomic E-state index is 14.0. The Balaban J connectivity index is 1.92. The summed E-state index contributed by atoms with van der Waals surface area (Å²) < 4.78 is 17.5. The van der Waals surface area contributed by atoms with E-state index in [1.54, 1.807) is 14.2 Å². The summed E-state index contributed by atoms with van der Waals surface area (Å²) in [4.78, 5) is 14.0. The van der Waals surface area contributed by atoms with E-state index in [0.29, 0.717) is 18.9 Å². The SMILES string of the molecule is CO[C@H]1C(=O)[C@@]2(C)C(C[C@]3(O)CCC(C)=C1C3(C)C)[C@@H]1CO[C@@H]1C[C@@H]2OC. The van der Waals surface area contributed by atoms with Crippen molar-refractivity contribution in [2.75, 3.05) is 20.8 Å². The van der Waals surface area contributed by atoms with Crippen LogP contribution in [0.25, 0.3) is 0 Å². The van der Waals surface area contributed by atoms with Crippen LogP contribution < -0.4 is 0 Å². The lowest BCUT2D eigenvalue weighted by Gasteiger charge is -2.62. The van der Waals surface area contributed by atoms with Crippen molar-refractivity contribution in [2.45, 2.75) is 77.3 Å². The van der Waals surface area contributed by atoms with Crippen molar-refractivity contribution in [1.29, 1.82) is 0 Å². The number of ketones is 1. The Morgan fingerprint density at radius 1 is 1.19 bits per heavy atom. The molecule has 0 aromatic rings. The first-order chi connectivity index (χ1) is 12.6. The van der Waals surface area contributed by atoms with Crippen molar-refractivity contribution >= 4 is 5.78 Å². The third-order valence-corrected chi connectivity index (χ3v) is 8.70. The number of hydrogen-bond acceptors (Lipinski definition) is 5. The molecule has 5 nitrogen and oxygen atoms in total. The maximum Gasteiger partial charge on any atom is 0.174 e. The maximum absolute atomic E-state index is 14.0. The summed E-state index contributed by atoms with van der Waals surface area (Å²) >= 11 is 0. The van der Waals surface area contributed by atoms with Crippen molar-refractivity contribution in [3.63, 3.8) is 0 Å². The molecule has 1 N–H and O–H groups in total. The van der Waals surface area contributed by atoms with Gasteiger partial charge in [-0.15, -0.1) is 0 Å². The highest BCUT2D eigenvalue weighted by atomic mass is 16.5. The van der Waals surface area contributed by atoms with Gasteiger partial charge in [0.1, 0.15) is 6.10 Å². The van der Waals surface area contributed by atoms with Crippen molar-refractivity contribution in [3.05, 3.63) is 11.1 Å². The summed E-state index contributed by atoms with van der Waals surface area (Å²) in [6.07, 6.45) is 2.16. The topological polar surface area (TPSA) is 65.0 Å². The normalized spacial score (nSPS) is 48.9. The molecule has 4 aliphatic rings. The van der Waals surface area contributed by atoms with Gasteiger partial charge in [0.05, 0.1) is 29.8 Å². The Morgan fingerprint density at radius 2 is 1.89 bits per heavy atom. The van der Waals surface area contributed by atoms with Crippen LogP contribution in [0.15, 0.2) is 11.1 Å². The third-order valence-electron chi connectivity index (χ3n) is 8.70. The molecule has 0 amide bonds. The van der Waals surface area contributed by atoms with E-state index in [-0.39, 0.29) is 23.9 Å². The first kappa shape index (κ1) is 19.6. The van der Waals surface area contributed by atoms with E-state index in [9.17, 15) is 9.90 Å². The van der Waals surface area contributed by atoms with Crippen LogP contribution >= 0.6 is 0 Å². The number of Topliss-reactive ketones (excluding diaryl/α,β-unsaturated/α-hetero) is 1. The number of fused-ring (bicyclic) bond motifs is 5. The van der Waals surface area contributed by atoms with Gasteiger partial charge in [0.25, 0.3) is 0 Å². The zero-order valence-electron chi connectivity index (χ0n) is 17.5. The van der Waals surface area contributed by atoms with Crippen LogP contribution in [-0.4, -0.2) is 55.6 Å². The molecular formula is C22H34O5. The van der Waals surface area contributed by atoms with Gasteiger partial charge >= 0.3 is 0 Å². The summed E-state index contributed by atoms with van der Waals surface area (Å²) in [6, 6.07) is 0. The highest BCUT2D eigenvalue weighted by molar-refractivity contribution is 5.93. The number of hydrogen-bond donors (Lipinski definition) is 1. The van der Waals surface area contributed by atoms with Crippen molar-refractivity contribution in [1.82, 2.24) is 0 Å². The standard InChI is InChI=1S/C22H34O5/c1-12-7-8-22(24)10-14-13-11-27-15(13)9-16(25-5)21(14,4)19(23)18(26-6)17(12)20(22,2)3/h13-16,18,24H,7-11H2,1-6H3/t13-,14?,15+,16-,18+,21-,22+/m0/s1. The van der Waals surface area contributed by atoms with Crippen LogP contribution in [0.5, 0.6) is 0 Å². The van der Waals surface area contributed by atoms with Gasteiger partial charge in [0.15, 0.2) is 5.78 Å². The summed E-state index contributed by atoms with van der Waals surface area (Å²) in [5.41, 5.74) is 0.105. The van der Waals surface area contributed by atoms with Gasteiger partial charge in [-0.05, 0) is 44.6 Å². The lowest BCUT2D eigenvalue weighted by Crippen LogP contribution is -2.68. The Morgan fingerprint density at radius 3 is 2.44 bits per heavy atom. The fourth-order valence-electron chi connectivity index (χ4n) is 6.68. The first-order valence-corrected chi connectivity index (χ1v) is 10.3. The molecule has 27 heavy (non-hydrogen) atoms. The van der Waals surface area contributed by atoms with Crippen molar-refractivity contribution in [2.24, 2.45) is 22.7 Å². The van der Waals surface area contributed by atoms with E-state index in [1.165, 1.54) is 5.57 Å². The minimum absolute atomic E-state index is 0.0318. The Kier molecular flexibility index (Phi) is 4.44. The molecule has 1 heterocycles. The number of carbonyl (C=O) groups is 1. The van der Waals surface area contributed by atoms with E-state index in [4.69, 9.17) is 14.2 Å². The molecule has 7 atom stereocenters. The van der Waals surface area contributed by atoms with Crippen molar-refractivity contribution < 1.29 is 24.1 Å². The molecule has 1 unspecified atom stereocenters. The number of methoxy groups -OCH3 is 2. The second-order valence-corrected chi connectivity index (χ2v) is 9.92. The van der Waals surface area contributed by atoms with Gasteiger partial charge in [-0.3, -0.25) is 4.79 Å². The average Bonchev–Trinajstić information content (AvgIpc) is 2.59. The summed E-state index contributed by atoms with van der Waals surface area (Å²) in [6.45, 7) is 8.96. The second-order valence-electron chi connectivity index (χ2n) is 9.92. The Bertz CT molecular complexity index is 682. The average molecular weight is 379 g/mol. The molecule has 152 valence electrons. The largest absolute Gasteiger partial charge is 0.389 e. The summed E-state index contributed by atoms with van der Waals surface area (Å²) in [5.74, 6) is 0.444. The summed E-state index contributed by atoms with van der Waals surface area (Å²) in [5, 5.41) is 11.9. The highest BCUT2D eigenvalue weighted by Crippen LogP contribution is 2.61. The molecule has 3 fully saturated rings. The molecule has 1 aliphatic heterocycles. The van der Waals surface area contributed by atoms with Crippen LogP contribution in [0.2, 0.25) is 0 Å². The minimum atomic E-state index is -0.860. The van der Waals surface area contributed by atoms with Crippen molar-refractivity contribution in [3.8, 4) is 0 Å². The molecule has 2 saturated carbocycles. The van der Waals surface area contributed by atoms with E-state index in [2.05, 4.69) is 20.8 Å². The Hall–Kier alpha value is -0.750. The zero-order chi connectivity index (χ0) is 19.8. The third kappa shape index (κ3) is 2.35. The molecule has 5 heteroatoms. The van der Waals surface area contributed by atoms with Gasteiger partial charge in [-0.1, -0.05) is 19.4 Å². The highest BCUT2D eigenvalue weighted by Gasteiger charge is 2.66. The van der Waals surface area contributed by atoms with Crippen LogP contribution in [0.1, 0.15) is 53.4 Å². The molecule has 0 aromatic carbocycles. The molecule has 1 saturated heterocycles. The predicted octanol–water partition coefficient (Wildman–Crippen LogP) is 2.90. The molecule has 3 aliphatic carbocycles. The molecule has 2 bridgehead atoms. The number of carbonyl (C=O) groups excluding carboxylic acids is 1. The number of aliphatic hydroxyl groups is 1. The van der Waals surface area contributed by atoms with Gasteiger partial charge in [0.2, 0.25) is 0 Å². The fraction of sp³-hybridized carbons (Fsp3) is 0.864. The molecule has 0 aromatic heterocycles. The zero-order valence-corrected chi connectivity index (χ0v) is 17.5. The quantitative estimate of drug-likeness (QED) is 0.749.